The second kappa shape index (κ2) is 11.4. The van der Waals surface area contributed by atoms with Gasteiger partial charge in [-0.05, 0) is 47.2 Å². The third-order valence-electron chi connectivity index (χ3n) is 4.26. The Labute approximate surface area is 190 Å². The number of hydrogen-bond donors (Lipinski definition) is 1. The van der Waals surface area contributed by atoms with Gasteiger partial charge in [0.25, 0.3) is 0 Å². The minimum Gasteiger partial charge on any atom is -0.493 e. The molecule has 0 aliphatic heterocycles. The second-order valence-corrected chi connectivity index (χ2v) is 8.33. The Morgan fingerprint density at radius 1 is 1.17 bits per heavy atom. The molecule has 0 aliphatic rings. The van der Waals surface area contributed by atoms with Crippen LogP contribution in [0.2, 0.25) is 10.0 Å². The summed E-state index contributed by atoms with van der Waals surface area (Å²) in [5.74, 6) is 2.04. The molecule has 1 N–H and O–H groups in total. The van der Waals surface area contributed by atoms with Gasteiger partial charge in [-0.1, -0.05) is 53.2 Å². The number of nitrogens with zero attached hydrogens (tertiary/aromatic N) is 4. The van der Waals surface area contributed by atoms with Crippen LogP contribution in [0.3, 0.4) is 0 Å². The molecule has 0 saturated carbocycles. The largest absolute Gasteiger partial charge is 0.493 e. The molecule has 1 aromatic heterocycles. The number of thioether (sulfide) groups is 1. The quantitative estimate of drug-likeness (QED) is 0.331. The van der Waals surface area contributed by atoms with Crippen molar-refractivity contribution in [1.29, 1.82) is 0 Å². The Bertz CT molecular complexity index is 970. The summed E-state index contributed by atoms with van der Waals surface area (Å²) in [6.07, 6.45) is 0.988. The van der Waals surface area contributed by atoms with Crippen LogP contribution in [0.25, 0.3) is 0 Å². The van der Waals surface area contributed by atoms with Gasteiger partial charge in [0.2, 0.25) is 5.16 Å². The average molecular weight is 468 g/mol. The molecule has 3 aromatic rings. The molecule has 10 heteroatoms. The van der Waals surface area contributed by atoms with Crippen molar-refractivity contribution >= 4 is 35.0 Å². The van der Waals surface area contributed by atoms with Gasteiger partial charge in [-0.3, -0.25) is 0 Å². The van der Waals surface area contributed by atoms with Gasteiger partial charge in [-0.2, -0.15) is 0 Å². The Morgan fingerprint density at radius 3 is 2.73 bits per heavy atom. The predicted molar refractivity (Wildman–Crippen MR) is 120 cm³/mol. The molecule has 0 unspecified atom stereocenters. The van der Waals surface area contributed by atoms with Crippen molar-refractivity contribution < 1.29 is 9.47 Å². The fraction of sp³-hybridized carbons (Fsp3) is 0.350. The number of aromatic nitrogens is 4. The van der Waals surface area contributed by atoms with E-state index in [1.54, 1.807) is 23.6 Å². The molecule has 0 spiro atoms. The third-order valence-corrected chi connectivity index (χ3v) is 6.00. The van der Waals surface area contributed by atoms with E-state index in [2.05, 4.69) is 20.8 Å². The van der Waals surface area contributed by atoms with Gasteiger partial charge in [-0.25, -0.2) is 4.68 Å². The first kappa shape index (κ1) is 22.7. The van der Waals surface area contributed by atoms with Gasteiger partial charge in [-0.15, -0.1) is 5.10 Å². The van der Waals surface area contributed by atoms with Gasteiger partial charge in [0, 0.05) is 29.9 Å². The lowest BCUT2D eigenvalue weighted by molar-refractivity contribution is 0.284. The second-order valence-electron chi connectivity index (χ2n) is 6.45. The molecule has 0 fully saturated rings. The Balaban J connectivity index is 1.49. The highest BCUT2D eigenvalue weighted by Crippen LogP contribution is 2.37. The van der Waals surface area contributed by atoms with Crippen LogP contribution < -0.4 is 14.8 Å². The van der Waals surface area contributed by atoms with E-state index in [1.165, 1.54) is 0 Å². The van der Waals surface area contributed by atoms with Gasteiger partial charge in [0.05, 0.1) is 12.1 Å². The molecule has 0 atom stereocenters. The number of hydrogen-bond acceptors (Lipinski definition) is 7. The van der Waals surface area contributed by atoms with Gasteiger partial charge >= 0.3 is 0 Å². The van der Waals surface area contributed by atoms with Crippen LogP contribution in [-0.4, -0.2) is 39.6 Å². The van der Waals surface area contributed by atoms with Crippen LogP contribution in [-0.2, 0) is 20.2 Å². The van der Waals surface area contributed by atoms with Crippen LogP contribution in [0.5, 0.6) is 11.5 Å². The standard InChI is InChI=1S/C20H23Cl2N5O2S/c1-27-20(24-25-26-27)30-9-5-8-23-12-14-10-17(22)19(18(11-14)28-2)29-13-15-6-3-4-7-16(15)21/h3-4,6-7,10-11,23H,5,8-9,12-13H2,1-2H3. The molecule has 160 valence electrons. The van der Waals surface area contributed by atoms with Gasteiger partial charge < -0.3 is 14.8 Å². The molecule has 3 rings (SSSR count). The van der Waals surface area contributed by atoms with E-state index < -0.39 is 0 Å². The summed E-state index contributed by atoms with van der Waals surface area (Å²) < 4.78 is 13.1. The van der Waals surface area contributed by atoms with Crippen molar-refractivity contribution in [3.05, 3.63) is 57.6 Å². The highest BCUT2D eigenvalue weighted by molar-refractivity contribution is 7.99. The molecule has 0 bridgehead atoms. The number of ether oxygens (including phenoxy) is 2. The third kappa shape index (κ3) is 6.25. The summed E-state index contributed by atoms with van der Waals surface area (Å²) in [6, 6.07) is 11.4. The summed E-state index contributed by atoms with van der Waals surface area (Å²) in [7, 11) is 3.43. The van der Waals surface area contributed by atoms with E-state index >= 15 is 0 Å². The van der Waals surface area contributed by atoms with E-state index in [4.69, 9.17) is 32.7 Å². The topological polar surface area (TPSA) is 74.1 Å². The van der Waals surface area contributed by atoms with E-state index in [9.17, 15) is 0 Å². The number of halogens is 2. The van der Waals surface area contributed by atoms with Crippen LogP contribution in [0.4, 0.5) is 0 Å². The first-order chi connectivity index (χ1) is 14.6. The lowest BCUT2D eigenvalue weighted by Crippen LogP contribution is -2.15. The molecule has 0 aliphatic carbocycles. The number of nitrogens with one attached hydrogen (secondary N) is 1. The Hall–Kier alpha value is -2.00. The monoisotopic (exact) mass is 467 g/mol. The van der Waals surface area contributed by atoms with Crippen molar-refractivity contribution in [3.63, 3.8) is 0 Å². The zero-order chi connectivity index (χ0) is 21.3. The number of tetrazole rings is 1. The number of benzene rings is 2. The molecule has 0 radical (unpaired) electrons. The van der Waals surface area contributed by atoms with Crippen LogP contribution in [0, 0.1) is 0 Å². The molecule has 30 heavy (non-hydrogen) atoms. The van der Waals surface area contributed by atoms with Gasteiger partial charge in [0.15, 0.2) is 11.5 Å². The Morgan fingerprint density at radius 2 is 2.00 bits per heavy atom. The minimum atomic E-state index is 0.312. The number of aryl methyl sites for hydroxylation is 1. The highest BCUT2D eigenvalue weighted by atomic mass is 35.5. The van der Waals surface area contributed by atoms with Crippen molar-refractivity contribution in [2.75, 3.05) is 19.4 Å². The zero-order valence-electron chi connectivity index (χ0n) is 16.8. The maximum absolute atomic E-state index is 6.46. The molecule has 1 heterocycles. The molecule has 0 amide bonds. The summed E-state index contributed by atoms with van der Waals surface area (Å²) in [5.41, 5.74) is 1.91. The molecular weight excluding hydrogens is 445 g/mol. The smallest absolute Gasteiger partial charge is 0.209 e. The van der Waals surface area contributed by atoms with E-state index in [0.717, 1.165) is 35.0 Å². The summed E-state index contributed by atoms with van der Waals surface area (Å²) in [6.45, 7) is 1.85. The van der Waals surface area contributed by atoms with E-state index in [1.807, 2.05) is 43.4 Å². The molecule has 7 nitrogen and oxygen atoms in total. The van der Waals surface area contributed by atoms with Gasteiger partial charge in [0.1, 0.15) is 6.61 Å². The first-order valence-electron chi connectivity index (χ1n) is 9.37. The molecule has 0 saturated heterocycles. The summed E-state index contributed by atoms with van der Waals surface area (Å²) in [4.78, 5) is 0. The maximum atomic E-state index is 6.46. The summed E-state index contributed by atoms with van der Waals surface area (Å²) in [5, 5.41) is 16.8. The zero-order valence-corrected chi connectivity index (χ0v) is 19.1. The highest BCUT2D eigenvalue weighted by Gasteiger charge is 2.13. The van der Waals surface area contributed by atoms with E-state index in [-0.39, 0.29) is 0 Å². The summed E-state index contributed by atoms with van der Waals surface area (Å²) >= 11 is 14.3. The predicted octanol–water partition coefficient (Wildman–Crippen LogP) is 4.38. The van der Waals surface area contributed by atoms with Crippen molar-refractivity contribution in [2.24, 2.45) is 7.05 Å². The van der Waals surface area contributed by atoms with Crippen LogP contribution in [0.15, 0.2) is 41.6 Å². The average Bonchev–Trinajstić information content (AvgIpc) is 3.15. The van der Waals surface area contributed by atoms with Crippen molar-refractivity contribution in [3.8, 4) is 11.5 Å². The van der Waals surface area contributed by atoms with Crippen molar-refractivity contribution in [1.82, 2.24) is 25.5 Å². The first-order valence-corrected chi connectivity index (χ1v) is 11.1. The fourth-order valence-corrected chi connectivity index (χ4v) is 3.98. The van der Waals surface area contributed by atoms with Crippen molar-refractivity contribution in [2.45, 2.75) is 24.7 Å². The SMILES string of the molecule is COc1cc(CNCCCSc2nnnn2C)cc(Cl)c1OCc1ccccc1Cl. The minimum absolute atomic E-state index is 0.312. The van der Waals surface area contributed by atoms with Crippen LogP contribution in [0.1, 0.15) is 17.5 Å². The number of methoxy groups -OCH3 is 1. The maximum Gasteiger partial charge on any atom is 0.209 e. The fourth-order valence-electron chi connectivity index (χ4n) is 2.72. The number of rotatable bonds is 11. The lowest BCUT2D eigenvalue weighted by Gasteiger charge is -2.15. The normalized spacial score (nSPS) is 10.9. The lowest BCUT2D eigenvalue weighted by atomic mass is 10.2. The van der Waals surface area contributed by atoms with Crippen LogP contribution >= 0.6 is 35.0 Å². The Kier molecular flexibility index (Phi) is 8.62. The van der Waals surface area contributed by atoms with E-state index in [0.29, 0.717) is 34.7 Å². The molecular formula is C20H23Cl2N5O2S. The molecule has 2 aromatic carbocycles.